The van der Waals surface area contributed by atoms with E-state index in [-0.39, 0.29) is 11.8 Å². The van der Waals surface area contributed by atoms with Gasteiger partial charge in [-0.1, -0.05) is 22.9 Å². The van der Waals surface area contributed by atoms with Gasteiger partial charge in [-0.25, -0.2) is 14.8 Å². The molecule has 3 aromatic rings. The molecule has 2 aromatic heterocycles. The minimum absolute atomic E-state index is 0.0684. The number of carbonyl (C=O) groups is 1. The Hall–Kier alpha value is -2.66. The van der Waals surface area contributed by atoms with Gasteiger partial charge in [0.25, 0.3) is 0 Å². The third kappa shape index (κ3) is 5.57. The number of ether oxygens (including phenoxy) is 1. The second-order valence-corrected chi connectivity index (χ2v) is 8.81. The van der Waals surface area contributed by atoms with Gasteiger partial charge in [0.1, 0.15) is 21.9 Å². The average Bonchev–Trinajstić information content (AvgIpc) is 3.18. The van der Waals surface area contributed by atoms with E-state index in [2.05, 4.69) is 25.5 Å². The number of thiazole rings is 1. The van der Waals surface area contributed by atoms with Gasteiger partial charge in [-0.3, -0.25) is 10.2 Å². The molecular formula is C21H25ClN6O3S. The molecule has 0 bridgehead atoms. The van der Waals surface area contributed by atoms with Crippen molar-refractivity contribution in [3.63, 3.8) is 0 Å². The van der Waals surface area contributed by atoms with E-state index in [4.69, 9.17) is 16.3 Å². The number of phenolic OH excluding ortho intramolecular Hbond substituents is 1. The second-order valence-electron chi connectivity index (χ2n) is 7.39. The molecule has 11 heteroatoms. The molecule has 170 valence electrons. The molecule has 3 heterocycles. The lowest BCUT2D eigenvalue weighted by molar-refractivity contribution is 0.0375. The number of anilines is 3. The maximum atomic E-state index is 12.2. The van der Waals surface area contributed by atoms with Crippen LogP contribution in [0.25, 0.3) is 10.3 Å². The number of aromatic hydroxyl groups is 1. The zero-order chi connectivity index (χ0) is 22.5. The Morgan fingerprint density at radius 2 is 2.09 bits per heavy atom. The van der Waals surface area contributed by atoms with Crippen LogP contribution in [0.3, 0.4) is 0 Å². The van der Waals surface area contributed by atoms with Gasteiger partial charge in [-0.05, 0) is 37.2 Å². The van der Waals surface area contributed by atoms with Crippen molar-refractivity contribution < 1.29 is 14.6 Å². The summed E-state index contributed by atoms with van der Waals surface area (Å²) in [6.45, 7) is 4.97. The van der Waals surface area contributed by atoms with Crippen LogP contribution < -0.4 is 15.5 Å². The number of halogens is 1. The Morgan fingerprint density at radius 3 is 2.88 bits per heavy atom. The Bertz CT molecular complexity index is 1090. The van der Waals surface area contributed by atoms with Gasteiger partial charge in [-0.2, -0.15) is 0 Å². The zero-order valence-electron chi connectivity index (χ0n) is 17.7. The van der Waals surface area contributed by atoms with E-state index >= 15 is 0 Å². The van der Waals surface area contributed by atoms with E-state index in [0.29, 0.717) is 38.6 Å². The topological polar surface area (TPSA) is 103 Å². The maximum absolute atomic E-state index is 12.2. The highest BCUT2D eigenvalue weighted by Crippen LogP contribution is 2.34. The number of rotatable bonds is 7. The predicted molar refractivity (Wildman–Crippen MR) is 127 cm³/mol. The summed E-state index contributed by atoms with van der Waals surface area (Å²) in [5, 5.41) is 16.8. The Morgan fingerprint density at radius 1 is 1.28 bits per heavy atom. The van der Waals surface area contributed by atoms with Gasteiger partial charge in [0.15, 0.2) is 5.13 Å². The number of morpholine rings is 1. The lowest BCUT2D eigenvalue weighted by Gasteiger charge is -2.26. The molecule has 0 radical (unpaired) electrons. The van der Waals surface area contributed by atoms with Crippen molar-refractivity contribution in [1.29, 1.82) is 0 Å². The summed E-state index contributed by atoms with van der Waals surface area (Å²) in [5.41, 5.74) is 1.27. The molecule has 1 fully saturated rings. The van der Waals surface area contributed by atoms with Crippen LogP contribution in [-0.4, -0.2) is 72.4 Å². The third-order valence-electron chi connectivity index (χ3n) is 5.14. The van der Waals surface area contributed by atoms with E-state index in [1.54, 1.807) is 17.0 Å². The van der Waals surface area contributed by atoms with Gasteiger partial charge in [0.05, 0.1) is 18.9 Å². The maximum Gasteiger partial charge on any atom is 0.321 e. The van der Waals surface area contributed by atoms with Gasteiger partial charge in [0.2, 0.25) is 0 Å². The number of pyridine rings is 1. The molecule has 3 N–H and O–H groups in total. The van der Waals surface area contributed by atoms with Crippen LogP contribution >= 0.6 is 22.9 Å². The first-order valence-electron chi connectivity index (χ1n) is 10.3. The fourth-order valence-electron chi connectivity index (χ4n) is 3.42. The SMILES string of the molecule is CN(c1ccc2nc(NC(=O)NCCCN3CCOCC3)sc2n1)c1ccc(Cl)cc1O. The number of hydrogen-bond donors (Lipinski definition) is 3. The summed E-state index contributed by atoms with van der Waals surface area (Å²) < 4.78 is 5.34. The molecule has 4 rings (SSSR count). The Labute approximate surface area is 195 Å². The number of urea groups is 1. The van der Waals surface area contributed by atoms with Crippen LogP contribution in [0.1, 0.15) is 6.42 Å². The number of carbonyl (C=O) groups excluding carboxylic acids is 1. The lowest BCUT2D eigenvalue weighted by atomic mass is 10.2. The van der Waals surface area contributed by atoms with Gasteiger partial charge in [-0.15, -0.1) is 0 Å². The second kappa shape index (κ2) is 10.3. The number of nitrogens with one attached hydrogen (secondary N) is 2. The first kappa shape index (κ1) is 22.5. The van der Waals surface area contributed by atoms with Crippen LogP contribution in [0.15, 0.2) is 30.3 Å². The molecule has 9 nitrogen and oxygen atoms in total. The number of aromatic nitrogens is 2. The fourth-order valence-corrected chi connectivity index (χ4v) is 4.42. The van der Waals surface area contributed by atoms with Crippen molar-refractivity contribution in [3.05, 3.63) is 35.4 Å². The zero-order valence-corrected chi connectivity index (χ0v) is 19.2. The van der Waals surface area contributed by atoms with Gasteiger partial charge < -0.3 is 20.1 Å². The summed E-state index contributed by atoms with van der Waals surface area (Å²) in [7, 11) is 1.81. The molecule has 32 heavy (non-hydrogen) atoms. The minimum atomic E-state index is -0.283. The molecule has 1 aliphatic heterocycles. The third-order valence-corrected chi connectivity index (χ3v) is 6.26. The molecule has 1 aliphatic rings. The number of hydrogen-bond acceptors (Lipinski definition) is 8. The van der Waals surface area contributed by atoms with Crippen LogP contribution in [0.5, 0.6) is 5.75 Å². The first-order valence-corrected chi connectivity index (χ1v) is 11.5. The minimum Gasteiger partial charge on any atom is -0.506 e. The molecular weight excluding hydrogens is 452 g/mol. The summed E-state index contributed by atoms with van der Waals surface area (Å²) >= 11 is 7.21. The molecule has 0 saturated carbocycles. The van der Waals surface area contributed by atoms with Crippen molar-refractivity contribution in [1.82, 2.24) is 20.2 Å². The smallest absolute Gasteiger partial charge is 0.321 e. The normalized spacial score (nSPS) is 14.4. The van der Waals surface area contributed by atoms with E-state index < -0.39 is 0 Å². The number of fused-ring (bicyclic) bond motifs is 1. The molecule has 0 atom stereocenters. The van der Waals surface area contributed by atoms with Crippen molar-refractivity contribution in [2.24, 2.45) is 0 Å². The average molecular weight is 477 g/mol. The largest absolute Gasteiger partial charge is 0.506 e. The number of phenols is 1. The van der Waals surface area contributed by atoms with E-state index in [1.165, 1.54) is 17.4 Å². The highest BCUT2D eigenvalue weighted by Gasteiger charge is 2.14. The Balaban J connectivity index is 1.33. The summed E-state index contributed by atoms with van der Waals surface area (Å²) in [6.07, 6.45) is 0.877. The van der Waals surface area contributed by atoms with Crippen molar-refractivity contribution >= 4 is 56.0 Å². The summed E-state index contributed by atoms with van der Waals surface area (Å²) in [5.74, 6) is 0.705. The number of nitrogens with zero attached hydrogens (tertiary/aromatic N) is 4. The van der Waals surface area contributed by atoms with Crippen molar-refractivity contribution in [2.45, 2.75) is 6.42 Å². The van der Waals surface area contributed by atoms with Crippen LogP contribution in [0.2, 0.25) is 5.02 Å². The van der Waals surface area contributed by atoms with Gasteiger partial charge >= 0.3 is 6.03 Å². The van der Waals surface area contributed by atoms with Crippen LogP contribution in [0.4, 0.5) is 21.4 Å². The van der Waals surface area contributed by atoms with E-state index in [0.717, 1.165) is 39.3 Å². The van der Waals surface area contributed by atoms with Crippen LogP contribution in [0, 0.1) is 0 Å². The molecule has 0 spiro atoms. The van der Waals surface area contributed by atoms with Crippen LogP contribution in [-0.2, 0) is 4.74 Å². The molecule has 0 unspecified atom stereocenters. The quantitative estimate of drug-likeness (QED) is 0.447. The van der Waals surface area contributed by atoms with E-state index in [9.17, 15) is 9.90 Å². The summed E-state index contributed by atoms with van der Waals surface area (Å²) in [6, 6.07) is 8.29. The highest BCUT2D eigenvalue weighted by molar-refractivity contribution is 7.22. The van der Waals surface area contributed by atoms with Gasteiger partial charge in [0, 0.05) is 37.8 Å². The molecule has 1 aromatic carbocycles. The first-order chi connectivity index (χ1) is 15.5. The number of benzene rings is 1. The standard InChI is InChI=1S/C21H25ClN6O3S/c1-27(16-5-3-14(22)13-17(16)29)18-6-4-15-19(25-18)32-21(24-15)26-20(30)23-7-2-8-28-9-11-31-12-10-28/h3-6,13,29H,2,7-12H2,1H3,(H2,23,24,26,30). The summed E-state index contributed by atoms with van der Waals surface area (Å²) in [4.78, 5) is 26.0. The molecule has 1 saturated heterocycles. The highest BCUT2D eigenvalue weighted by atomic mass is 35.5. The lowest BCUT2D eigenvalue weighted by Crippen LogP contribution is -2.38. The molecule has 0 aliphatic carbocycles. The van der Waals surface area contributed by atoms with E-state index in [1.807, 2.05) is 19.2 Å². The fraction of sp³-hybridized carbons (Fsp3) is 0.381. The Kier molecular flexibility index (Phi) is 7.26. The predicted octanol–water partition coefficient (Wildman–Crippen LogP) is 3.66. The monoisotopic (exact) mass is 476 g/mol. The number of amides is 2. The molecule has 2 amide bonds. The van der Waals surface area contributed by atoms with Crippen molar-refractivity contribution in [3.8, 4) is 5.75 Å². The van der Waals surface area contributed by atoms with Crippen molar-refractivity contribution in [2.75, 3.05) is 56.7 Å².